The van der Waals surface area contributed by atoms with Gasteiger partial charge in [-0.05, 0) is 19.8 Å². The van der Waals surface area contributed by atoms with Crippen LogP contribution in [0.5, 0.6) is 0 Å². The minimum absolute atomic E-state index is 0.155. The van der Waals surface area contributed by atoms with Crippen LogP contribution in [0, 0.1) is 0 Å². The Morgan fingerprint density at radius 2 is 1.28 bits per heavy atom. The summed E-state index contributed by atoms with van der Waals surface area (Å²) in [7, 11) is 0. The predicted molar refractivity (Wildman–Crippen MR) is 123 cm³/mol. The molecular weight excluding hydrogens is 478 g/mol. The molecule has 1 aliphatic rings. The molecule has 15 heteroatoms. The van der Waals surface area contributed by atoms with E-state index >= 15 is 0 Å². The van der Waals surface area contributed by atoms with Crippen molar-refractivity contribution in [3.63, 3.8) is 0 Å². The van der Waals surface area contributed by atoms with Gasteiger partial charge in [0.15, 0.2) is 0 Å². The maximum absolute atomic E-state index is 11.8. The zero-order valence-electron chi connectivity index (χ0n) is 19.9. The van der Waals surface area contributed by atoms with Crippen molar-refractivity contribution in [1.29, 1.82) is 0 Å². The van der Waals surface area contributed by atoms with Crippen molar-refractivity contribution in [3.8, 4) is 0 Å². The van der Waals surface area contributed by atoms with E-state index in [1.165, 1.54) is 19.1 Å². The Labute approximate surface area is 206 Å². The van der Waals surface area contributed by atoms with Crippen molar-refractivity contribution >= 4 is 47.3 Å². The number of nitrogens with two attached hydrogens (primary N) is 1. The van der Waals surface area contributed by atoms with Gasteiger partial charge in [0.25, 0.3) is 11.8 Å². The molecule has 1 rings (SSSR count). The van der Waals surface area contributed by atoms with Gasteiger partial charge in [-0.1, -0.05) is 6.42 Å². The molecule has 198 valence electrons. The summed E-state index contributed by atoms with van der Waals surface area (Å²) in [5.74, 6) is -4.38. The number of nitrogens with zero attached hydrogens (tertiary/aromatic N) is 1. The summed E-state index contributed by atoms with van der Waals surface area (Å²) in [4.78, 5) is 93.3. The Kier molecular flexibility index (Phi) is 12.9. The van der Waals surface area contributed by atoms with E-state index in [0.29, 0.717) is 19.3 Å². The van der Waals surface area contributed by atoms with Gasteiger partial charge in [0.05, 0.1) is 26.2 Å². The normalized spacial score (nSPS) is 13.1. The summed E-state index contributed by atoms with van der Waals surface area (Å²) in [6.07, 6.45) is 4.25. The number of unbranched alkanes of at least 4 members (excludes halogenated alkanes) is 2. The Balaban J connectivity index is 2.09. The molecule has 0 spiro atoms. The molecule has 1 atom stereocenters. The summed E-state index contributed by atoms with van der Waals surface area (Å²) in [5, 5.41) is 11.5. The van der Waals surface area contributed by atoms with Crippen molar-refractivity contribution in [2.24, 2.45) is 5.73 Å². The molecule has 0 saturated carbocycles. The second-order valence-electron chi connectivity index (χ2n) is 7.78. The molecule has 1 aliphatic heterocycles. The van der Waals surface area contributed by atoms with Crippen LogP contribution in [-0.2, 0) is 38.4 Å². The fraction of sp³-hybridized carbons (Fsp3) is 0.524. The fourth-order valence-corrected chi connectivity index (χ4v) is 2.82. The number of imide groups is 1. The van der Waals surface area contributed by atoms with E-state index in [2.05, 4.69) is 26.6 Å². The number of carbonyl (C=O) groups excluding carboxylic acids is 8. The van der Waals surface area contributed by atoms with Crippen molar-refractivity contribution in [2.45, 2.75) is 38.6 Å². The third-order valence-corrected chi connectivity index (χ3v) is 4.73. The van der Waals surface area contributed by atoms with E-state index in [1.807, 2.05) is 0 Å². The topological polar surface area (TPSA) is 226 Å². The molecule has 0 aliphatic carbocycles. The molecular formula is C21H31N7O8. The summed E-state index contributed by atoms with van der Waals surface area (Å²) in [6, 6.07) is -0.965. The Bertz CT molecular complexity index is 900. The quantitative estimate of drug-likeness (QED) is 0.0883. The average molecular weight is 510 g/mol. The van der Waals surface area contributed by atoms with Gasteiger partial charge < -0.3 is 32.3 Å². The van der Waals surface area contributed by atoms with Crippen molar-refractivity contribution in [1.82, 2.24) is 31.5 Å². The molecule has 0 saturated heterocycles. The molecule has 0 bridgehead atoms. The number of rotatable bonds is 16. The first-order valence-electron chi connectivity index (χ1n) is 11.2. The zero-order chi connectivity index (χ0) is 27.1. The van der Waals surface area contributed by atoms with E-state index in [4.69, 9.17) is 5.73 Å². The first kappa shape index (κ1) is 29.7. The van der Waals surface area contributed by atoms with Gasteiger partial charge in [-0.3, -0.25) is 43.3 Å². The van der Waals surface area contributed by atoms with Crippen LogP contribution in [0.15, 0.2) is 12.2 Å². The first-order valence-corrected chi connectivity index (χ1v) is 11.2. The largest absolute Gasteiger partial charge is 0.368 e. The maximum atomic E-state index is 11.8. The molecule has 0 aromatic rings. The second kappa shape index (κ2) is 15.6. The van der Waals surface area contributed by atoms with Crippen molar-refractivity contribution < 1.29 is 38.4 Å². The number of hydrogen-bond donors (Lipinski definition) is 6. The van der Waals surface area contributed by atoms with Crippen LogP contribution in [0.4, 0.5) is 0 Å². The van der Waals surface area contributed by atoms with Gasteiger partial charge in [-0.15, -0.1) is 0 Å². The van der Waals surface area contributed by atoms with Gasteiger partial charge >= 0.3 is 0 Å². The van der Waals surface area contributed by atoms with Crippen LogP contribution < -0.4 is 32.3 Å². The highest BCUT2D eigenvalue weighted by Crippen LogP contribution is 2.07. The highest BCUT2D eigenvalue weighted by molar-refractivity contribution is 6.12. The standard InChI is InChI=1S/C21H31N7O8/c1-13(21(36)26-9-14(22)29)27-18(33)12-25-17(32)11-24-16(31)10-23-15(30)5-3-2-4-8-28-19(34)6-7-20(28)35/h6-7,13H,2-5,8-12H2,1H3,(H2,22,29)(H,23,30)(H,24,31)(H,25,32)(H,26,36)(H,27,33)/t13-/m0/s1. The van der Waals surface area contributed by atoms with Crippen LogP contribution in [0.25, 0.3) is 0 Å². The smallest absolute Gasteiger partial charge is 0.253 e. The average Bonchev–Trinajstić information content (AvgIpc) is 3.15. The van der Waals surface area contributed by atoms with Crippen molar-refractivity contribution in [2.75, 3.05) is 32.7 Å². The van der Waals surface area contributed by atoms with Gasteiger partial charge in [-0.25, -0.2) is 0 Å². The Morgan fingerprint density at radius 3 is 1.83 bits per heavy atom. The number of nitrogens with one attached hydrogen (secondary N) is 5. The van der Waals surface area contributed by atoms with Gasteiger partial charge in [-0.2, -0.15) is 0 Å². The lowest BCUT2D eigenvalue weighted by molar-refractivity contribution is -0.137. The van der Waals surface area contributed by atoms with Gasteiger partial charge in [0.2, 0.25) is 35.4 Å². The fourth-order valence-electron chi connectivity index (χ4n) is 2.82. The van der Waals surface area contributed by atoms with Crippen LogP contribution in [0.2, 0.25) is 0 Å². The van der Waals surface area contributed by atoms with Gasteiger partial charge in [0.1, 0.15) is 6.04 Å². The lowest BCUT2D eigenvalue weighted by atomic mass is 10.2. The molecule has 1 heterocycles. The van der Waals surface area contributed by atoms with Crippen LogP contribution >= 0.6 is 0 Å². The lowest BCUT2D eigenvalue weighted by Crippen LogP contribution is -2.50. The van der Waals surface area contributed by atoms with E-state index in [-0.39, 0.29) is 43.8 Å². The second-order valence-corrected chi connectivity index (χ2v) is 7.78. The minimum Gasteiger partial charge on any atom is -0.368 e. The van der Waals surface area contributed by atoms with Crippen molar-refractivity contribution in [3.05, 3.63) is 12.2 Å². The maximum Gasteiger partial charge on any atom is 0.253 e. The highest BCUT2D eigenvalue weighted by atomic mass is 16.2. The highest BCUT2D eigenvalue weighted by Gasteiger charge is 2.22. The van der Waals surface area contributed by atoms with E-state index in [9.17, 15) is 38.4 Å². The SMILES string of the molecule is C[C@H](NC(=O)CNC(=O)CNC(=O)CNC(=O)CCCCCN1C(=O)C=CC1=O)C(=O)NCC(N)=O. The first-order chi connectivity index (χ1) is 17.0. The monoisotopic (exact) mass is 509 g/mol. The third kappa shape index (κ3) is 12.2. The third-order valence-electron chi connectivity index (χ3n) is 4.73. The van der Waals surface area contributed by atoms with E-state index in [0.717, 1.165) is 4.90 Å². The predicted octanol–water partition coefficient (Wildman–Crippen LogP) is -4.07. The van der Waals surface area contributed by atoms with Crippen LogP contribution in [0.3, 0.4) is 0 Å². The summed E-state index contributed by atoms with van der Waals surface area (Å²) < 4.78 is 0. The molecule has 0 aromatic heterocycles. The number of amides is 8. The van der Waals surface area contributed by atoms with Crippen LogP contribution in [0.1, 0.15) is 32.6 Å². The zero-order valence-corrected chi connectivity index (χ0v) is 19.9. The molecule has 36 heavy (non-hydrogen) atoms. The summed E-state index contributed by atoms with van der Waals surface area (Å²) in [5.41, 5.74) is 4.90. The number of primary amides is 1. The summed E-state index contributed by atoms with van der Waals surface area (Å²) in [6.45, 7) is 0.0615. The molecule has 15 nitrogen and oxygen atoms in total. The molecule has 0 radical (unpaired) electrons. The lowest BCUT2D eigenvalue weighted by Gasteiger charge is -2.14. The molecule has 0 fully saturated rings. The van der Waals surface area contributed by atoms with E-state index < -0.39 is 48.7 Å². The van der Waals surface area contributed by atoms with Crippen LogP contribution in [-0.4, -0.2) is 90.9 Å². The summed E-state index contributed by atoms with van der Waals surface area (Å²) >= 11 is 0. The van der Waals surface area contributed by atoms with Gasteiger partial charge in [0, 0.05) is 25.1 Å². The molecule has 0 unspecified atom stereocenters. The number of hydrogen-bond acceptors (Lipinski definition) is 8. The van der Waals surface area contributed by atoms with E-state index in [1.54, 1.807) is 0 Å². The molecule has 0 aromatic carbocycles. The minimum atomic E-state index is -0.965. The molecule has 7 N–H and O–H groups in total. The molecule has 8 amide bonds. The Morgan fingerprint density at radius 1 is 0.750 bits per heavy atom. The Hall–Kier alpha value is -4.30. The number of carbonyl (C=O) groups is 8.